The Morgan fingerprint density at radius 1 is 1.31 bits per heavy atom. The lowest BCUT2D eigenvalue weighted by atomic mass is 9.85. The molecule has 0 aromatic rings. The topological polar surface area (TPSA) is 37.3 Å². The van der Waals surface area contributed by atoms with Crippen molar-refractivity contribution in [1.82, 2.24) is 0 Å². The average molecular weight is 226 g/mol. The molecule has 94 valence electrons. The Bertz CT molecular complexity index is 195. The zero-order valence-electron chi connectivity index (χ0n) is 10.6. The van der Waals surface area contributed by atoms with E-state index in [0.717, 1.165) is 25.2 Å². The smallest absolute Gasteiger partial charge is 0.161 e. The Labute approximate surface area is 99.4 Å². The number of Topliss-reactive ketones (excluding diaryl/α,β-unsaturated/α-hetero) is 1. The summed E-state index contributed by atoms with van der Waals surface area (Å²) in [7, 11) is 0. The molecule has 0 radical (unpaired) electrons. The Balaban J connectivity index is 2.12. The van der Waals surface area contributed by atoms with Crippen molar-refractivity contribution in [2.24, 2.45) is 5.92 Å². The van der Waals surface area contributed by atoms with Crippen LogP contribution in [-0.2, 0) is 4.79 Å². The molecule has 2 nitrogen and oxygen atoms in total. The first-order valence-corrected chi connectivity index (χ1v) is 6.94. The zero-order chi connectivity index (χ0) is 11.8. The number of aliphatic hydroxyl groups is 1. The molecule has 1 unspecified atom stereocenters. The minimum absolute atomic E-state index is 0.0685. The van der Waals surface area contributed by atoms with Crippen LogP contribution in [0.15, 0.2) is 0 Å². The maximum Gasteiger partial charge on any atom is 0.161 e. The molecule has 1 rings (SSSR count). The van der Waals surface area contributed by atoms with E-state index in [9.17, 15) is 9.90 Å². The highest BCUT2D eigenvalue weighted by atomic mass is 16.3. The summed E-state index contributed by atoms with van der Waals surface area (Å²) in [5.41, 5.74) is 0. The molecule has 1 N–H and O–H groups in total. The van der Waals surface area contributed by atoms with Crippen molar-refractivity contribution in [1.29, 1.82) is 0 Å². The summed E-state index contributed by atoms with van der Waals surface area (Å²) in [6.45, 7) is 2.08. The summed E-state index contributed by atoms with van der Waals surface area (Å²) in [6, 6.07) is 0. The van der Waals surface area contributed by atoms with E-state index >= 15 is 0 Å². The molecule has 0 bridgehead atoms. The summed E-state index contributed by atoms with van der Waals surface area (Å²) >= 11 is 0. The van der Waals surface area contributed by atoms with E-state index in [1.165, 1.54) is 32.1 Å². The lowest BCUT2D eigenvalue weighted by Crippen LogP contribution is -2.21. The fourth-order valence-corrected chi connectivity index (χ4v) is 2.55. The molecule has 0 amide bonds. The summed E-state index contributed by atoms with van der Waals surface area (Å²) in [4.78, 5) is 11.6. The van der Waals surface area contributed by atoms with Crippen LogP contribution in [0.4, 0.5) is 0 Å². The summed E-state index contributed by atoms with van der Waals surface area (Å²) in [5, 5.41) is 9.63. The van der Waals surface area contributed by atoms with E-state index in [2.05, 4.69) is 6.92 Å². The Morgan fingerprint density at radius 2 is 2.00 bits per heavy atom. The minimum atomic E-state index is -0.691. The van der Waals surface area contributed by atoms with Crippen molar-refractivity contribution in [2.45, 2.75) is 77.2 Å². The average Bonchev–Trinajstić information content (AvgIpc) is 2.34. The van der Waals surface area contributed by atoms with Crippen molar-refractivity contribution in [3.05, 3.63) is 0 Å². The van der Waals surface area contributed by atoms with E-state index in [4.69, 9.17) is 0 Å². The van der Waals surface area contributed by atoms with Crippen LogP contribution in [0, 0.1) is 5.92 Å². The molecule has 0 heterocycles. The van der Waals surface area contributed by atoms with E-state index in [-0.39, 0.29) is 5.78 Å². The van der Waals surface area contributed by atoms with E-state index in [1.807, 2.05) is 0 Å². The van der Waals surface area contributed by atoms with Crippen LogP contribution in [0.5, 0.6) is 0 Å². The number of aliphatic hydroxyl groups excluding tert-OH is 1. The summed E-state index contributed by atoms with van der Waals surface area (Å²) in [5.74, 6) is 0.815. The van der Waals surface area contributed by atoms with Gasteiger partial charge in [-0.3, -0.25) is 4.79 Å². The van der Waals surface area contributed by atoms with Gasteiger partial charge >= 0.3 is 0 Å². The molecule has 1 fully saturated rings. The van der Waals surface area contributed by atoms with Crippen LogP contribution in [0.25, 0.3) is 0 Å². The minimum Gasteiger partial charge on any atom is -0.385 e. The predicted octanol–water partition coefficient (Wildman–Crippen LogP) is 3.47. The molecular weight excluding hydrogens is 200 g/mol. The van der Waals surface area contributed by atoms with E-state index in [1.54, 1.807) is 0 Å². The summed E-state index contributed by atoms with van der Waals surface area (Å²) < 4.78 is 0. The summed E-state index contributed by atoms with van der Waals surface area (Å²) in [6.07, 6.45) is 10.2. The highest BCUT2D eigenvalue weighted by Crippen LogP contribution is 2.27. The fraction of sp³-hybridized carbons (Fsp3) is 0.929. The van der Waals surface area contributed by atoms with Crippen LogP contribution in [0.2, 0.25) is 0 Å². The van der Waals surface area contributed by atoms with E-state index < -0.39 is 6.10 Å². The molecule has 1 atom stereocenters. The quantitative estimate of drug-likeness (QED) is 0.721. The first-order valence-electron chi connectivity index (χ1n) is 6.94. The SMILES string of the molecule is CCCCC(O)C(=O)CCC1CCCCC1. The fourth-order valence-electron chi connectivity index (χ4n) is 2.55. The first-order chi connectivity index (χ1) is 7.74. The van der Waals surface area contributed by atoms with E-state index in [0.29, 0.717) is 12.8 Å². The number of unbranched alkanes of at least 4 members (excludes halogenated alkanes) is 1. The second-order valence-electron chi connectivity index (χ2n) is 5.17. The Morgan fingerprint density at radius 3 is 2.62 bits per heavy atom. The lowest BCUT2D eigenvalue weighted by molar-refractivity contribution is -0.127. The lowest BCUT2D eigenvalue weighted by Gasteiger charge is -2.21. The van der Waals surface area contributed by atoms with Gasteiger partial charge in [0.25, 0.3) is 0 Å². The van der Waals surface area contributed by atoms with Crippen LogP contribution in [-0.4, -0.2) is 17.0 Å². The molecule has 0 aliphatic heterocycles. The number of hydrogen-bond acceptors (Lipinski definition) is 2. The Hall–Kier alpha value is -0.370. The molecule has 1 aliphatic carbocycles. The van der Waals surface area contributed by atoms with Crippen molar-refractivity contribution in [3.8, 4) is 0 Å². The van der Waals surface area contributed by atoms with Gasteiger partial charge in [-0.05, 0) is 18.8 Å². The third kappa shape index (κ3) is 5.11. The molecule has 1 aliphatic rings. The first kappa shape index (κ1) is 13.7. The van der Waals surface area contributed by atoms with Crippen LogP contribution in [0.3, 0.4) is 0 Å². The number of ketones is 1. The van der Waals surface area contributed by atoms with Gasteiger partial charge in [-0.25, -0.2) is 0 Å². The predicted molar refractivity (Wildman–Crippen MR) is 66.3 cm³/mol. The zero-order valence-corrected chi connectivity index (χ0v) is 10.6. The second kappa shape index (κ2) is 7.83. The number of hydrogen-bond donors (Lipinski definition) is 1. The molecule has 2 heteroatoms. The van der Waals surface area contributed by atoms with Gasteiger partial charge in [-0.15, -0.1) is 0 Å². The highest BCUT2D eigenvalue weighted by Gasteiger charge is 2.18. The standard InChI is InChI=1S/C14H26O2/c1-2-3-9-13(15)14(16)11-10-12-7-5-4-6-8-12/h12-13,15H,2-11H2,1H3. The molecule has 0 saturated heterocycles. The molecule has 1 saturated carbocycles. The van der Waals surface area contributed by atoms with Gasteiger partial charge in [-0.2, -0.15) is 0 Å². The third-order valence-electron chi connectivity index (χ3n) is 3.73. The largest absolute Gasteiger partial charge is 0.385 e. The third-order valence-corrected chi connectivity index (χ3v) is 3.73. The highest BCUT2D eigenvalue weighted by molar-refractivity contribution is 5.82. The second-order valence-corrected chi connectivity index (χ2v) is 5.17. The maximum atomic E-state index is 11.6. The van der Waals surface area contributed by atoms with Crippen LogP contribution in [0.1, 0.15) is 71.1 Å². The molecule has 0 spiro atoms. The molecular formula is C14H26O2. The van der Waals surface area contributed by atoms with Crippen LogP contribution >= 0.6 is 0 Å². The number of rotatable bonds is 7. The van der Waals surface area contributed by atoms with Crippen LogP contribution < -0.4 is 0 Å². The Kier molecular flexibility index (Phi) is 6.70. The van der Waals surface area contributed by atoms with Gasteiger partial charge in [0, 0.05) is 6.42 Å². The number of carbonyl (C=O) groups excluding carboxylic acids is 1. The van der Waals surface area contributed by atoms with Crippen molar-refractivity contribution < 1.29 is 9.90 Å². The molecule has 0 aromatic carbocycles. The van der Waals surface area contributed by atoms with Gasteiger partial charge in [0.2, 0.25) is 0 Å². The van der Waals surface area contributed by atoms with Gasteiger partial charge in [0.1, 0.15) is 6.10 Å². The monoisotopic (exact) mass is 226 g/mol. The van der Waals surface area contributed by atoms with Gasteiger partial charge in [0.05, 0.1) is 0 Å². The number of carbonyl (C=O) groups is 1. The van der Waals surface area contributed by atoms with Crippen molar-refractivity contribution in [3.63, 3.8) is 0 Å². The normalized spacial score (nSPS) is 19.6. The molecule has 16 heavy (non-hydrogen) atoms. The van der Waals surface area contributed by atoms with Gasteiger partial charge in [0.15, 0.2) is 5.78 Å². The van der Waals surface area contributed by atoms with Gasteiger partial charge in [-0.1, -0.05) is 51.9 Å². The van der Waals surface area contributed by atoms with Gasteiger partial charge < -0.3 is 5.11 Å². The van der Waals surface area contributed by atoms with Crippen molar-refractivity contribution >= 4 is 5.78 Å². The molecule has 0 aromatic heterocycles. The van der Waals surface area contributed by atoms with Crippen molar-refractivity contribution in [2.75, 3.05) is 0 Å². The maximum absolute atomic E-state index is 11.6.